The molecule has 2 aromatic heterocycles. The van der Waals surface area contributed by atoms with Crippen molar-refractivity contribution in [2.24, 2.45) is 0 Å². The topological polar surface area (TPSA) is 77.1 Å². The smallest absolute Gasteiger partial charge is 0.297 e. The fourth-order valence-electron chi connectivity index (χ4n) is 3.40. The molecule has 0 aliphatic carbocycles. The first-order valence-electron chi connectivity index (χ1n) is 9.35. The van der Waals surface area contributed by atoms with Crippen LogP contribution in [0.15, 0.2) is 70.1 Å². The second-order valence-corrected chi connectivity index (χ2v) is 6.77. The predicted molar refractivity (Wildman–Crippen MR) is 108 cm³/mol. The highest BCUT2D eigenvalue weighted by Gasteiger charge is 2.15. The normalized spacial score (nSPS) is 12.3. The van der Waals surface area contributed by atoms with E-state index in [-0.39, 0.29) is 29.5 Å². The molecule has 0 aliphatic heterocycles. The highest BCUT2D eigenvalue weighted by atomic mass is 16.3. The molecule has 0 fully saturated rings. The van der Waals surface area contributed by atoms with Gasteiger partial charge in [0.1, 0.15) is 17.6 Å². The molecule has 142 valence electrons. The molecule has 1 N–H and O–H groups in total. The van der Waals surface area contributed by atoms with Gasteiger partial charge in [-0.2, -0.15) is 0 Å². The number of nitrogens with zero attached hydrogens (tertiary/aromatic N) is 2. The van der Waals surface area contributed by atoms with E-state index in [1.807, 2.05) is 36.4 Å². The molecule has 1 atom stereocenters. The van der Waals surface area contributed by atoms with Crippen molar-refractivity contribution in [2.45, 2.75) is 25.8 Å². The molecule has 4 rings (SSSR count). The lowest BCUT2D eigenvalue weighted by molar-refractivity contribution is -0.121. The molecule has 2 heterocycles. The summed E-state index contributed by atoms with van der Waals surface area (Å²) in [5.41, 5.74) is 2.14. The van der Waals surface area contributed by atoms with Crippen LogP contribution in [0.3, 0.4) is 0 Å². The molecule has 4 aromatic rings. The van der Waals surface area contributed by atoms with Crippen LogP contribution < -0.4 is 10.9 Å². The van der Waals surface area contributed by atoms with Gasteiger partial charge in [-0.1, -0.05) is 49.4 Å². The van der Waals surface area contributed by atoms with Crippen LogP contribution in [0.5, 0.6) is 0 Å². The van der Waals surface area contributed by atoms with E-state index in [2.05, 4.69) is 29.4 Å². The Hall–Kier alpha value is -3.41. The van der Waals surface area contributed by atoms with Gasteiger partial charge in [-0.25, -0.2) is 4.98 Å². The zero-order chi connectivity index (χ0) is 19.5. The van der Waals surface area contributed by atoms with Gasteiger partial charge in [-0.15, -0.1) is 0 Å². The van der Waals surface area contributed by atoms with Crippen LogP contribution in [0.2, 0.25) is 0 Å². The molecule has 0 spiro atoms. The molecule has 1 unspecified atom stereocenters. The van der Waals surface area contributed by atoms with Gasteiger partial charge in [0.05, 0.1) is 6.33 Å². The van der Waals surface area contributed by atoms with E-state index < -0.39 is 0 Å². The van der Waals surface area contributed by atoms with Crippen molar-refractivity contribution in [2.75, 3.05) is 6.54 Å². The maximum atomic E-state index is 12.7. The van der Waals surface area contributed by atoms with Gasteiger partial charge in [0.25, 0.3) is 5.56 Å². The fraction of sp³-hybridized carbons (Fsp3) is 0.227. The molecule has 0 saturated heterocycles. The molecule has 6 nitrogen and oxygen atoms in total. The van der Waals surface area contributed by atoms with Crippen molar-refractivity contribution in [1.29, 1.82) is 0 Å². The standard InChI is InChI=1S/C22H21N3O3/c1-2-15(16-8-4-3-5-9-16)12-23-19(26)13-25-14-24-20-17-10-6-7-11-18(17)28-21(20)22(25)27/h3-11,14-15H,2,12-13H2,1H3,(H,23,26). The Morgan fingerprint density at radius 2 is 1.89 bits per heavy atom. The van der Waals surface area contributed by atoms with Gasteiger partial charge in [-0.05, 0) is 24.1 Å². The van der Waals surface area contributed by atoms with Gasteiger partial charge < -0.3 is 9.73 Å². The van der Waals surface area contributed by atoms with E-state index >= 15 is 0 Å². The number of fused-ring (bicyclic) bond motifs is 3. The number of amides is 1. The van der Waals surface area contributed by atoms with E-state index in [0.29, 0.717) is 17.6 Å². The molecule has 1 amide bonds. The van der Waals surface area contributed by atoms with Crippen LogP contribution >= 0.6 is 0 Å². The maximum absolute atomic E-state index is 12.7. The first-order valence-corrected chi connectivity index (χ1v) is 9.35. The third-order valence-corrected chi connectivity index (χ3v) is 4.97. The van der Waals surface area contributed by atoms with Gasteiger partial charge in [0, 0.05) is 17.8 Å². The molecule has 0 radical (unpaired) electrons. The number of hydrogen-bond donors (Lipinski definition) is 1. The summed E-state index contributed by atoms with van der Waals surface area (Å²) in [6, 6.07) is 17.4. The average molecular weight is 375 g/mol. The van der Waals surface area contributed by atoms with Crippen molar-refractivity contribution in [3.63, 3.8) is 0 Å². The summed E-state index contributed by atoms with van der Waals surface area (Å²) in [7, 11) is 0. The zero-order valence-corrected chi connectivity index (χ0v) is 15.6. The second kappa shape index (κ2) is 7.68. The maximum Gasteiger partial charge on any atom is 0.297 e. The van der Waals surface area contributed by atoms with Gasteiger partial charge in [0.2, 0.25) is 11.5 Å². The monoisotopic (exact) mass is 375 g/mol. The number of carbonyl (C=O) groups is 1. The minimum atomic E-state index is -0.355. The summed E-state index contributed by atoms with van der Waals surface area (Å²) < 4.78 is 6.93. The lowest BCUT2D eigenvalue weighted by atomic mass is 9.96. The third-order valence-electron chi connectivity index (χ3n) is 4.97. The first kappa shape index (κ1) is 18.0. The Labute approximate surface area is 161 Å². The van der Waals surface area contributed by atoms with Crippen molar-refractivity contribution < 1.29 is 9.21 Å². The SMILES string of the molecule is CCC(CNC(=O)Cn1cnc2c(oc3ccccc32)c1=O)c1ccccc1. The van der Waals surface area contributed by atoms with E-state index in [9.17, 15) is 9.59 Å². The number of para-hydroxylation sites is 1. The number of furan rings is 1. The van der Waals surface area contributed by atoms with Crippen LogP contribution in [-0.4, -0.2) is 22.0 Å². The van der Waals surface area contributed by atoms with Crippen molar-refractivity contribution >= 4 is 28.0 Å². The molecule has 0 saturated carbocycles. The summed E-state index contributed by atoms with van der Waals surface area (Å²) in [6.07, 6.45) is 2.32. The molecule has 0 bridgehead atoms. The number of benzene rings is 2. The van der Waals surface area contributed by atoms with Gasteiger partial charge in [-0.3, -0.25) is 14.2 Å². The fourth-order valence-corrected chi connectivity index (χ4v) is 3.40. The Morgan fingerprint density at radius 3 is 2.68 bits per heavy atom. The predicted octanol–water partition coefficient (Wildman–Crippen LogP) is 3.45. The largest absolute Gasteiger partial charge is 0.448 e. The quantitative estimate of drug-likeness (QED) is 0.560. The minimum absolute atomic E-state index is 0.0932. The molecule has 6 heteroatoms. The zero-order valence-electron chi connectivity index (χ0n) is 15.6. The van der Waals surface area contributed by atoms with Crippen LogP contribution in [0.1, 0.15) is 24.8 Å². The summed E-state index contributed by atoms with van der Waals surface area (Å²) in [5, 5.41) is 3.72. The van der Waals surface area contributed by atoms with Crippen molar-refractivity contribution in [3.8, 4) is 0 Å². The summed E-state index contributed by atoms with van der Waals surface area (Å²) in [4.78, 5) is 29.4. The minimum Gasteiger partial charge on any atom is -0.448 e. The van der Waals surface area contributed by atoms with E-state index in [0.717, 1.165) is 11.8 Å². The molecule has 0 aliphatic rings. The first-order chi connectivity index (χ1) is 13.7. The summed E-state index contributed by atoms with van der Waals surface area (Å²) in [5.74, 6) is 0.00610. The van der Waals surface area contributed by atoms with E-state index in [1.165, 1.54) is 16.5 Å². The highest BCUT2D eigenvalue weighted by molar-refractivity contribution is 6.01. The second-order valence-electron chi connectivity index (χ2n) is 6.77. The number of aromatic nitrogens is 2. The van der Waals surface area contributed by atoms with Crippen molar-refractivity contribution in [1.82, 2.24) is 14.9 Å². The molecular weight excluding hydrogens is 354 g/mol. The Bertz CT molecular complexity index is 1180. The lowest BCUT2D eigenvalue weighted by Gasteiger charge is -2.16. The highest BCUT2D eigenvalue weighted by Crippen LogP contribution is 2.24. The van der Waals surface area contributed by atoms with Crippen LogP contribution in [0.25, 0.3) is 22.1 Å². The van der Waals surface area contributed by atoms with Gasteiger partial charge >= 0.3 is 0 Å². The molecule has 28 heavy (non-hydrogen) atoms. The summed E-state index contributed by atoms with van der Waals surface area (Å²) >= 11 is 0. The van der Waals surface area contributed by atoms with Crippen molar-refractivity contribution in [3.05, 3.63) is 76.8 Å². The van der Waals surface area contributed by atoms with Crippen LogP contribution in [-0.2, 0) is 11.3 Å². The van der Waals surface area contributed by atoms with Crippen LogP contribution in [0, 0.1) is 0 Å². The molecular formula is C22H21N3O3. The number of nitrogens with one attached hydrogen (secondary N) is 1. The lowest BCUT2D eigenvalue weighted by Crippen LogP contribution is -2.34. The summed E-state index contributed by atoms with van der Waals surface area (Å²) in [6.45, 7) is 2.52. The Kier molecular flexibility index (Phi) is 4.93. The number of carbonyl (C=O) groups excluding carboxylic acids is 1. The van der Waals surface area contributed by atoms with Crippen LogP contribution in [0.4, 0.5) is 0 Å². The Balaban J connectivity index is 1.50. The number of rotatable bonds is 6. The Morgan fingerprint density at radius 1 is 1.14 bits per heavy atom. The van der Waals surface area contributed by atoms with Gasteiger partial charge in [0.15, 0.2) is 0 Å². The average Bonchev–Trinajstić information content (AvgIpc) is 3.11. The molecule has 2 aromatic carbocycles. The third kappa shape index (κ3) is 3.41. The number of hydrogen-bond acceptors (Lipinski definition) is 4. The van der Waals surface area contributed by atoms with E-state index in [1.54, 1.807) is 6.07 Å². The van der Waals surface area contributed by atoms with E-state index in [4.69, 9.17) is 4.42 Å².